The Morgan fingerprint density at radius 3 is 2.35 bits per heavy atom. The molecule has 0 aromatic carbocycles. The molecule has 0 aliphatic carbocycles. The van der Waals surface area contributed by atoms with Gasteiger partial charge in [0.2, 0.25) is 5.91 Å². The Kier molecular flexibility index (Phi) is 5.93. The Bertz CT molecular complexity index is 270. The number of imide groups is 1. The van der Waals surface area contributed by atoms with Gasteiger partial charge >= 0.3 is 6.03 Å². The average molecular weight is 244 g/mol. The van der Waals surface area contributed by atoms with Crippen molar-refractivity contribution in [3.63, 3.8) is 0 Å². The summed E-state index contributed by atoms with van der Waals surface area (Å²) in [6.07, 6.45) is 2.16. The zero-order valence-electron chi connectivity index (χ0n) is 9.97. The van der Waals surface area contributed by atoms with Crippen LogP contribution in [0.2, 0.25) is 0 Å². The molecule has 0 atom stereocenters. The maximum Gasteiger partial charge on any atom is 0.326 e. The van der Waals surface area contributed by atoms with E-state index >= 15 is 0 Å². The van der Waals surface area contributed by atoms with Crippen LogP contribution < -0.4 is 0 Å². The zero-order valence-corrected chi connectivity index (χ0v) is 9.97. The van der Waals surface area contributed by atoms with Crippen LogP contribution in [0.3, 0.4) is 0 Å². The molecule has 6 nitrogen and oxygen atoms in total. The van der Waals surface area contributed by atoms with Crippen molar-refractivity contribution in [2.24, 2.45) is 0 Å². The Hall–Kier alpha value is -1.14. The van der Waals surface area contributed by atoms with Gasteiger partial charge in [-0.05, 0) is 19.3 Å². The second-order valence-corrected chi connectivity index (χ2v) is 4.07. The van der Waals surface area contributed by atoms with Gasteiger partial charge in [0.1, 0.15) is 0 Å². The third-order valence-electron chi connectivity index (χ3n) is 2.77. The highest BCUT2D eigenvalue weighted by Crippen LogP contribution is 2.12. The third kappa shape index (κ3) is 3.98. The lowest BCUT2D eigenvalue weighted by Crippen LogP contribution is -2.52. The SMILES string of the molecule is O=C1CCN(CCCCO)C(=O)N1CCCO. The van der Waals surface area contributed by atoms with Crippen molar-refractivity contribution in [1.29, 1.82) is 0 Å². The molecule has 17 heavy (non-hydrogen) atoms. The Morgan fingerprint density at radius 1 is 1.00 bits per heavy atom. The van der Waals surface area contributed by atoms with Crippen LogP contribution in [0.25, 0.3) is 0 Å². The topological polar surface area (TPSA) is 81.1 Å². The van der Waals surface area contributed by atoms with Crippen molar-refractivity contribution < 1.29 is 19.8 Å². The summed E-state index contributed by atoms with van der Waals surface area (Å²) in [6.45, 7) is 1.41. The first-order valence-electron chi connectivity index (χ1n) is 6.01. The fraction of sp³-hybridized carbons (Fsp3) is 0.818. The predicted octanol–water partition coefficient (Wildman–Crippen LogP) is -0.204. The molecule has 1 rings (SSSR count). The molecular formula is C11H20N2O4. The van der Waals surface area contributed by atoms with Gasteiger partial charge in [-0.1, -0.05) is 0 Å². The number of hydrogen-bond acceptors (Lipinski definition) is 4. The normalized spacial score (nSPS) is 16.8. The smallest absolute Gasteiger partial charge is 0.326 e. The van der Waals surface area contributed by atoms with Gasteiger partial charge in [0.15, 0.2) is 0 Å². The van der Waals surface area contributed by atoms with E-state index in [1.165, 1.54) is 4.90 Å². The number of hydrogen-bond donors (Lipinski definition) is 2. The lowest BCUT2D eigenvalue weighted by atomic mass is 10.2. The van der Waals surface area contributed by atoms with Crippen molar-refractivity contribution >= 4 is 11.9 Å². The van der Waals surface area contributed by atoms with Crippen LogP contribution in [-0.4, -0.2) is 64.8 Å². The van der Waals surface area contributed by atoms with Crippen LogP contribution in [0.5, 0.6) is 0 Å². The molecule has 0 aromatic heterocycles. The van der Waals surface area contributed by atoms with E-state index in [4.69, 9.17) is 10.2 Å². The molecule has 0 radical (unpaired) electrons. The maximum absolute atomic E-state index is 11.9. The van der Waals surface area contributed by atoms with Gasteiger partial charge in [0.25, 0.3) is 0 Å². The van der Waals surface area contributed by atoms with Crippen LogP contribution in [-0.2, 0) is 4.79 Å². The molecule has 1 fully saturated rings. The summed E-state index contributed by atoms with van der Waals surface area (Å²) in [6, 6.07) is -0.271. The molecule has 1 heterocycles. The number of amides is 3. The van der Waals surface area contributed by atoms with E-state index in [0.29, 0.717) is 32.4 Å². The minimum Gasteiger partial charge on any atom is -0.396 e. The second-order valence-electron chi connectivity index (χ2n) is 4.07. The van der Waals surface area contributed by atoms with E-state index in [2.05, 4.69) is 0 Å². The van der Waals surface area contributed by atoms with E-state index < -0.39 is 0 Å². The summed E-state index contributed by atoms with van der Waals surface area (Å²) in [7, 11) is 0. The van der Waals surface area contributed by atoms with Gasteiger partial charge in [0.05, 0.1) is 0 Å². The van der Waals surface area contributed by atoms with E-state index in [1.807, 2.05) is 0 Å². The zero-order chi connectivity index (χ0) is 12.7. The molecule has 0 bridgehead atoms. The van der Waals surface area contributed by atoms with Gasteiger partial charge in [-0.2, -0.15) is 0 Å². The molecule has 0 aromatic rings. The molecule has 0 spiro atoms. The number of unbranched alkanes of at least 4 members (excludes halogenated alkanes) is 1. The van der Waals surface area contributed by atoms with Crippen LogP contribution in [0, 0.1) is 0 Å². The van der Waals surface area contributed by atoms with Gasteiger partial charge in [0, 0.05) is 39.3 Å². The highest BCUT2D eigenvalue weighted by Gasteiger charge is 2.30. The van der Waals surface area contributed by atoms with E-state index in [9.17, 15) is 9.59 Å². The monoisotopic (exact) mass is 244 g/mol. The molecule has 3 amide bonds. The molecule has 6 heteroatoms. The molecule has 2 N–H and O–H groups in total. The number of carbonyl (C=O) groups excluding carboxylic acids is 2. The molecule has 98 valence electrons. The summed E-state index contributed by atoms with van der Waals surface area (Å²) in [5.41, 5.74) is 0. The maximum atomic E-state index is 11.9. The number of aliphatic hydroxyl groups is 2. The fourth-order valence-electron chi connectivity index (χ4n) is 1.81. The first-order valence-corrected chi connectivity index (χ1v) is 6.01. The summed E-state index contributed by atoms with van der Waals surface area (Å²) in [5.74, 6) is -0.165. The van der Waals surface area contributed by atoms with E-state index in [1.54, 1.807) is 4.90 Å². The Balaban J connectivity index is 2.46. The first-order chi connectivity index (χ1) is 8.20. The predicted molar refractivity (Wildman–Crippen MR) is 61.3 cm³/mol. The third-order valence-corrected chi connectivity index (χ3v) is 2.77. The Morgan fingerprint density at radius 2 is 1.71 bits per heavy atom. The van der Waals surface area contributed by atoms with Crippen molar-refractivity contribution in [1.82, 2.24) is 9.80 Å². The van der Waals surface area contributed by atoms with Crippen molar-refractivity contribution in [2.45, 2.75) is 25.7 Å². The van der Waals surface area contributed by atoms with Crippen LogP contribution in [0.1, 0.15) is 25.7 Å². The van der Waals surface area contributed by atoms with Gasteiger partial charge in [-0.3, -0.25) is 9.69 Å². The minimum absolute atomic E-state index is 0.0262. The molecular weight excluding hydrogens is 224 g/mol. The quantitative estimate of drug-likeness (QED) is 0.607. The summed E-state index contributed by atoms with van der Waals surface area (Å²) in [4.78, 5) is 26.3. The molecule has 0 saturated carbocycles. The number of urea groups is 1. The van der Waals surface area contributed by atoms with E-state index in [0.717, 1.165) is 6.42 Å². The summed E-state index contributed by atoms with van der Waals surface area (Å²) < 4.78 is 0. The standard InChI is InChI=1S/C11H20N2O4/c14-8-2-1-5-12-7-4-10(16)13(11(12)17)6-3-9-15/h14-15H,1-9H2. The lowest BCUT2D eigenvalue weighted by Gasteiger charge is -2.34. The minimum atomic E-state index is -0.271. The average Bonchev–Trinajstić information content (AvgIpc) is 2.32. The molecule has 1 aliphatic rings. The number of rotatable bonds is 7. The second kappa shape index (κ2) is 7.24. The van der Waals surface area contributed by atoms with Crippen LogP contribution in [0.15, 0.2) is 0 Å². The van der Waals surface area contributed by atoms with Crippen LogP contribution >= 0.6 is 0 Å². The fourth-order valence-corrected chi connectivity index (χ4v) is 1.81. The highest BCUT2D eigenvalue weighted by molar-refractivity contribution is 5.96. The van der Waals surface area contributed by atoms with Gasteiger partial charge in [-0.15, -0.1) is 0 Å². The van der Waals surface area contributed by atoms with Crippen molar-refractivity contribution in [2.75, 3.05) is 32.8 Å². The van der Waals surface area contributed by atoms with E-state index in [-0.39, 0.29) is 31.7 Å². The number of aliphatic hydroxyl groups excluding tert-OH is 2. The highest BCUT2D eigenvalue weighted by atomic mass is 16.3. The molecule has 0 unspecified atom stereocenters. The van der Waals surface area contributed by atoms with Crippen molar-refractivity contribution in [3.05, 3.63) is 0 Å². The van der Waals surface area contributed by atoms with Gasteiger partial charge in [-0.25, -0.2) is 4.79 Å². The molecule has 1 saturated heterocycles. The Labute approximate surface area is 101 Å². The largest absolute Gasteiger partial charge is 0.396 e. The van der Waals surface area contributed by atoms with Gasteiger partial charge < -0.3 is 15.1 Å². The summed E-state index contributed by atoms with van der Waals surface area (Å²) in [5, 5.41) is 17.4. The first kappa shape index (κ1) is 13.9. The van der Waals surface area contributed by atoms with Crippen LogP contribution in [0.4, 0.5) is 4.79 Å². The lowest BCUT2D eigenvalue weighted by molar-refractivity contribution is -0.131. The summed E-state index contributed by atoms with van der Waals surface area (Å²) >= 11 is 0. The molecule has 1 aliphatic heterocycles. The number of nitrogens with zero attached hydrogens (tertiary/aromatic N) is 2. The number of carbonyl (C=O) groups is 2. The van der Waals surface area contributed by atoms with Crippen molar-refractivity contribution in [3.8, 4) is 0 Å².